The van der Waals surface area contributed by atoms with Crippen LogP contribution in [0.1, 0.15) is 22.3 Å². The monoisotopic (exact) mass is 423 g/mol. The minimum absolute atomic E-state index is 0.0762. The number of morpholine rings is 1. The number of ether oxygens (including phenoxy) is 1. The molecule has 1 fully saturated rings. The fourth-order valence-corrected chi connectivity index (χ4v) is 4.53. The van der Waals surface area contributed by atoms with Gasteiger partial charge in [0.25, 0.3) is 11.8 Å². The molecule has 1 unspecified atom stereocenters. The molecule has 6 nitrogen and oxygen atoms in total. The van der Waals surface area contributed by atoms with Gasteiger partial charge in [0.2, 0.25) is 0 Å². The maximum Gasteiger partial charge on any atom is 0.283 e. The van der Waals surface area contributed by atoms with E-state index in [-0.39, 0.29) is 17.1 Å². The van der Waals surface area contributed by atoms with Gasteiger partial charge in [-0.1, -0.05) is 30.4 Å². The Morgan fingerprint density at radius 1 is 1.23 bits per heavy atom. The van der Waals surface area contributed by atoms with E-state index >= 15 is 0 Å². The molecule has 2 amide bonds. The number of allylic oxidation sites excluding steroid dienone is 3. The zero-order valence-corrected chi connectivity index (χ0v) is 17.6. The van der Waals surface area contributed by atoms with Gasteiger partial charge in [0.15, 0.2) is 0 Å². The van der Waals surface area contributed by atoms with E-state index in [1.807, 2.05) is 42.5 Å². The number of rotatable bonds is 6. The van der Waals surface area contributed by atoms with Crippen LogP contribution in [0.4, 0.5) is 0 Å². The van der Waals surface area contributed by atoms with Crippen molar-refractivity contribution in [3.05, 3.63) is 64.6 Å². The second-order valence-corrected chi connectivity index (χ2v) is 8.50. The van der Waals surface area contributed by atoms with Crippen LogP contribution in [-0.4, -0.2) is 67.1 Å². The largest absolute Gasteiger partial charge is 0.379 e. The molecule has 0 saturated carbocycles. The predicted molar refractivity (Wildman–Crippen MR) is 121 cm³/mol. The Labute approximate surface area is 180 Å². The third-order valence-electron chi connectivity index (χ3n) is 5.16. The van der Waals surface area contributed by atoms with Gasteiger partial charge in [-0.2, -0.15) is 0 Å². The van der Waals surface area contributed by atoms with E-state index in [2.05, 4.69) is 15.2 Å². The van der Waals surface area contributed by atoms with Crippen LogP contribution in [0.25, 0.3) is 6.08 Å². The molecule has 1 saturated heterocycles. The van der Waals surface area contributed by atoms with E-state index in [0.717, 1.165) is 50.5 Å². The van der Waals surface area contributed by atoms with Crippen LogP contribution >= 0.6 is 11.8 Å². The lowest BCUT2D eigenvalue weighted by Crippen LogP contribution is -2.38. The van der Waals surface area contributed by atoms with Crippen LogP contribution in [0.3, 0.4) is 0 Å². The Balaban J connectivity index is 1.29. The SMILES string of the molecule is O=C1N=C2C=CC=CC2S/C1=C/c1ccc(C(=O)NCCCN2CCOCC2)cc1. The van der Waals surface area contributed by atoms with E-state index in [4.69, 9.17) is 4.74 Å². The maximum atomic E-state index is 12.4. The third kappa shape index (κ3) is 5.36. The minimum Gasteiger partial charge on any atom is -0.379 e. The quantitative estimate of drug-likeness (QED) is 0.563. The number of fused-ring (bicyclic) bond motifs is 1. The molecule has 1 aromatic rings. The van der Waals surface area contributed by atoms with Gasteiger partial charge < -0.3 is 10.1 Å². The predicted octanol–water partition coefficient (Wildman–Crippen LogP) is 2.69. The molecule has 0 spiro atoms. The molecule has 3 aliphatic rings. The highest BCUT2D eigenvalue weighted by atomic mass is 32.2. The molecule has 156 valence electrons. The van der Waals surface area contributed by atoms with E-state index in [0.29, 0.717) is 17.0 Å². The minimum atomic E-state index is -0.215. The Kier molecular flexibility index (Phi) is 6.94. The summed E-state index contributed by atoms with van der Waals surface area (Å²) >= 11 is 1.51. The molecule has 1 atom stereocenters. The lowest BCUT2D eigenvalue weighted by atomic mass is 10.1. The number of hydrogen-bond donors (Lipinski definition) is 1. The first-order chi connectivity index (χ1) is 14.7. The van der Waals surface area contributed by atoms with E-state index in [9.17, 15) is 9.59 Å². The lowest BCUT2D eigenvalue weighted by molar-refractivity contribution is -0.113. The first-order valence-corrected chi connectivity index (χ1v) is 11.1. The van der Waals surface area contributed by atoms with Crippen molar-refractivity contribution in [3.63, 3.8) is 0 Å². The van der Waals surface area contributed by atoms with Gasteiger partial charge in [0.05, 0.1) is 29.1 Å². The lowest BCUT2D eigenvalue weighted by Gasteiger charge is -2.26. The normalized spacial score (nSPS) is 22.7. The highest BCUT2D eigenvalue weighted by Gasteiger charge is 2.25. The van der Waals surface area contributed by atoms with E-state index in [1.165, 1.54) is 11.8 Å². The van der Waals surface area contributed by atoms with Crippen molar-refractivity contribution in [2.24, 2.45) is 4.99 Å². The zero-order valence-electron chi connectivity index (χ0n) is 16.8. The smallest absolute Gasteiger partial charge is 0.283 e. The van der Waals surface area contributed by atoms with Gasteiger partial charge in [-0.3, -0.25) is 14.5 Å². The van der Waals surface area contributed by atoms with Gasteiger partial charge in [-0.05, 0) is 42.8 Å². The van der Waals surface area contributed by atoms with Gasteiger partial charge in [0.1, 0.15) is 0 Å². The number of carbonyl (C=O) groups excluding carboxylic acids is 2. The highest BCUT2D eigenvalue weighted by Crippen LogP contribution is 2.32. The topological polar surface area (TPSA) is 71.0 Å². The van der Waals surface area contributed by atoms with Crippen LogP contribution in [0, 0.1) is 0 Å². The number of carbonyl (C=O) groups is 2. The van der Waals surface area contributed by atoms with Crippen LogP contribution < -0.4 is 5.32 Å². The van der Waals surface area contributed by atoms with Crippen LogP contribution in [0.5, 0.6) is 0 Å². The zero-order chi connectivity index (χ0) is 20.8. The average molecular weight is 424 g/mol. The maximum absolute atomic E-state index is 12.4. The molecule has 1 aliphatic carbocycles. The molecule has 0 bridgehead atoms. The molecular weight excluding hydrogens is 398 g/mol. The van der Waals surface area contributed by atoms with Crippen molar-refractivity contribution >= 4 is 35.4 Å². The fourth-order valence-electron chi connectivity index (χ4n) is 3.48. The Hall–Kier alpha value is -2.48. The van der Waals surface area contributed by atoms with Gasteiger partial charge in [-0.15, -0.1) is 11.8 Å². The molecule has 4 rings (SSSR count). The van der Waals surface area contributed by atoms with Gasteiger partial charge in [0, 0.05) is 25.2 Å². The summed E-state index contributed by atoms with van der Waals surface area (Å²) in [7, 11) is 0. The third-order valence-corrected chi connectivity index (χ3v) is 6.36. The number of nitrogens with zero attached hydrogens (tertiary/aromatic N) is 2. The second-order valence-electron chi connectivity index (χ2n) is 7.32. The highest BCUT2D eigenvalue weighted by molar-refractivity contribution is 8.05. The average Bonchev–Trinajstić information content (AvgIpc) is 2.78. The van der Waals surface area contributed by atoms with Gasteiger partial charge >= 0.3 is 0 Å². The second kappa shape index (κ2) is 10.0. The van der Waals surface area contributed by atoms with Crippen molar-refractivity contribution in [1.29, 1.82) is 0 Å². The summed E-state index contributed by atoms with van der Waals surface area (Å²) in [6.07, 6.45) is 10.5. The molecule has 1 N–H and O–H groups in total. The summed E-state index contributed by atoms with van der Waals surface area (Å²) in [5, 5.41) is 3.06. The van der Waals surface area contributed by atoms with Crippen molar-refractivity contribution < 1.29 is 14.3 Å². The molecule has 30 heavy (non-hydrogen) atoms. The van der Waals surface area contributed by atoms with Crippen molar-refractivity contribution in [3.8, 4) is 0 Å². The van der Waals surface area contributed by atoms with Crippen molar-refractivity contribution in [2.45, 2.75) is 11.7 Å². The number of aliphatic imine (C=N–C) groups is 1. The number of nitrogens with one attached hydrogen (secondary N) is 1. The summed E-state index contributed by atoms with van der Waals surface area (Å²) in [6.45, 7) is 5.13. The summed E-state index contributed by atoms with van der Waals surface area (Å²) in [4.78, 5) is 31.8. The molecule has 2 aliphatic heterocycles. The molecular formula is C23H25N3O3S. The van der Waals surface area contributed by atoms with E-state index < -0.39 is 0 Å². The number of amides is 2. The number of thioether (sulfide) groups is 1. The Morgan fingerprint density at radius 3 is 2.83 bits per heavy atom. The summed E-state index contributed by atoms with van der Waals surface area (Å²) < 4.78 is 5.34. The standard InChI is InChI=1S/C23H25N3O3S/c27-22(24-10-3-11-26-12-14-29-15-13-26)18-8-6-17(7-9-18)16-21-23(28)25-19-4-1-2-5-20(19)30-21/h1-2,4-9,16,20H,3,10-15H2,(H,24,27)/b21-16+. The summed E-state index contributed by atoms with van der Waals surface area (Å²) in [6, 6.07) is 7.30. The molecule has 0 aromatic heterocycles. The molecule has 2 heterocycles. The van der Waals surface area contributed by atoms with Gasteiger partial charge in [-0.25, -0.2) is 4.99 Å². The number of hydrogen-bond acceptors (Lipinski definition) is 5. The molecule has 1 aromatic carbocycles. The Bertz CT molecular complexity index is 912. The first-order valence-electron chi connectivity index (χ1n) is 10.2. The number of benzene rings is 1. The molecule has 7 heteroatoms. The fraction of sp³-hybridized carbons (Fsp3) is 0.348. The van der Waals surface area contributed by atoms with Crippen LogP contribution in [-0.2, 0) is 9.53 Å². The first kappa shape index (κ1) is 20.8. The van der Waals surface area contributed by atoms with E-state index in [1.54, 1.807) is 12.1 Å². The van der Waals surface area contributed by atoms with Crippen LogP contribution in [0.2, 0.25) is 0 Å². The summed E-state index contributed by atoms with van der Waals surface area (Å²) in [5.74, 6) is -0.291. The van der Waals surface area contributed by atoms with Crippen molar-refractivity contribution in [1.82, 2.24) is 10.2 Å². The van der Waals surface area contributed by atoms with Crippen LogP contribution in [0.15, 0.2) is 58.5 Å². The van der Waals surface area contributed by atoms with Crippen molar-refractivity contribution in [2.75, 3.05) is 39.4 Å². The molecule has 0 radical (unpaired) electrons. The summed E-state index contributed by atoms with van der Waals surface area (Å²) in [5.41, 5.74) is 2.29. The Morgan fingerprint density at radius 2 is 2.03 bits per heavy atom.